The molecule has 0 aromatic heterocycles. The summed E-state index contributed by atoms with van der Waals surface area (Å²) in [4.78, 5) is 0. The van der Waals surface area contributed by atoms with E-state index < -0.39 is 0 Å². The SMILES string of the molecule is C1=Cc2ccccc2[C]1c1ccccc1.[LiH]. The molecule has 2 aromatic rings. The fourth-order valence-corrected chi connectivity index (χ4v) is 2.02. The van der Waals surface area contributed by atoms with Crippen LogP contribution in [0.2, 0.25) is 0 Å². The molecule has 1 heteroatoms. The summed E-state index contributed by atoms with van der Waals surface area (Å²) in [6.45, 7) is 0. The van der Waals surface area contributed by atoms with Crippen molar-refractivity contribution in [3.05, 3.63) is 83.3 Å². The van der Waals surface area contributed by atoms with Crippen molar-refractivity contribution in [1.29, 1.82) is 0 Å². The van der Waals surface area contributed by atoms with Crippen molar-refractivity contribution in [2.75, 3.05) is 0 Å². The maximum absolute atomic E-state index is 2.19. The summed E-state index contributed by atoms with van der Waals surface area (Å²) in [5.74, 6) is 1.33. The second-order valence-corrected chi connectivity index (χ2v) is 3.70. The zero-order valence-electron chi connectivity index (χ0n) is 8.35. The van der Waals surface area contributed by atoms with Gasteiger partial charge in [0, 0.05) is 0 Å². The van der Waals surface area contributed by atoms with E-state index >= 15 is 0 Å². The van der Waals surface area contributed by atoms with Gasteiger partial charge in [-0.05, 0) is 16.7 Å². The first-order valence-corrected chi connectivity index (χ1v) is 5.15. The molecular formula is C15H12Li. The molecule has 73 valence electrons. The topological polar surface area (TPSA) is 0 Å². The average Bonchev–Trinajstić information content (AvgIpc) is 2.74. The van der Waals surface area contributed by atoms with Gasteiger partial charge in [0.05, 0.1) is 5.92 Å². The molecule has 16 heavy (non-hydrogen) atoms. The van der Waals surface area contributed by atoms with Crippen molar-refractivity contribution in [1.82, 2.24) is 0 Å². The van der Waals surface area contributed by atoms with Crippen LogP contribution in [0.3, 0.4) is 0 Å². The average molecular weight is 199 g/mol. The zero-order valence-corrected chi connectivity index (χ0v) is 8.35. The van der Waals surface area contributed by atoms with E-state index in [1.54, 1.807) is 0 Å². The van der Waals surface area contributed by atoms with Gasteiger partial charge in [-0.15, -0.1) is 0 Å². The molecule has 1 aliphatic carbocycles. The Balaban J connectivity index is 0.000000963. The van der Waals surface area contributed by atoms with Crippen molar-refractivity contribution in [2.45, 2.75) is 0 Å². The summed E-state index contributed by atoms with van der Waals surface area (Å²) < 4.78 is 0. The molecule has 0 amide bonds. The van der Waals surface area contributed by atoms with E-state index in [1.165, 1.54) is 22.6 Å². The first-order chi connectivity index (χ1) is 7.45. The van der Waals surface area contributed by atoms with E-state index in [4.69, 9.17) is 0 Å². The van der Waals surface area contributed by atoms with Crippen molar-refractivity contribution < 1.29 is 0 Å². The zero-order chi connectivity index (χ0) is 10.1. The van der Waals surface area contributed by atoms with Gasteiger partial charge >= 0.3 is 18.9 Å². The van der Waals surface area contributed by atoms with E-state index in [0.29, 0.717) is 0 Å². The first-order valence-electron chi connectivity index (χ1n) is 5.15. The fraction of sp³-hybridized carbons (Fsp3) is 0. The maximum atomic E-state index is 2.19. The van der Waals surface area contributed by atoms with Gasteiger partial charge in [0.25, 0.3) is 0 Å². The molecule has 0 heterocycles. The van der Waals surface area contributed by atoms with Gasteiger partial charge in [-0.1, -0.05) is 66.7 Å². The summed E-state index contributed by atoms with van der Waals surface area (Å²) in [5.41, 5.74) is 3.94. The number of benzene rings is 2. The van der Waals surface area contributed by atoms with Crippen molar-refractivity contribution in [3.8, 4) is 0 Å². The van der Waals surface area contributed by atoms with E-state index in [-0.39, 0.29) is 18.9 Å². The minimum absolute atomic E-state index is 0. The molecule has 0 spiro atoms. The van der Waals surface area contributed by atoms with Gasteiger partial charge in [0.1, 0.15) is 0 Å². The Bertz CT molecular complexity index is 500. The van der Waals surface area contributed by atoms with Gasteiger partial charge in [-0.3, -0.25) is 0 Å². The Morgan fingerprint density at radius 3 is 2.12 bits per heavy atom. The normalized spacial score (nSPS) is 13.2. The van der Waals surface area contributed by atoms with Gasteiger partial charge < -0.3 is 0 Å². The Morgan fingerprint density at radius 2 is 1.31 bits per heavy atom. The Hall–Kier alpha value is -1.22. The molecular weight excluding hydrogens is 187 g/mol. The molecule has 0 nitrogen and oxygen atoms in total. The number of hydrogen-bond acceptors (Lipinski definition) is 0. The van der Waals surface area contributed by atoms with E-state index in [9.17, 15) is 0 Å². The summed E-state index contributed by atoms with van der Waals surface area (Å²) in [6, 6.07) is 19.0. The standard InChI is InChI=1S/C15H11.Li.H/c1-2-6-12(7-3-1)15-11-10-13-8-4-5-9-14(13)15;;/h1-11H;;. The third-order valence-corrected chi connectivity index (χ3v) is 2.77. The summed E-state index contributed by atoms with van der Waals surface area (Å²) >= 11 is 0. The Morgan fingerprint density at radius 1 is 0.625 bits per heavy atom. The fourth-order valence-electron chi connectivity index (χ4n) is 2.02. The van der Waals surface area contributed by atoms with Gasteiger partial charge in [-0.2, -0.15) is 0 Å². The van der Waals surface area contributed by atoms with Gasteiger partial charge in [-0.25, -0.2) is 0 Å². The monoisotopic (exact) mass is 199 g/mol. The van der Waals surface area contributed by atoms with Crippen LogP contribution in [-0.2, 0) is 0 Å². The van der Waals surface area contributed by atoms with E-state index in [2.05, 4.69) is 66.7 Å². The summed E-state index contributed by atoms with van der Waals surface area (Å²) in [6.07, 6.45) is 4.37. The molecule has 3 rings (SSSR count). The van der Waals surface area contributed by atoms with Crippen molar-refractivity contribution >= 4 is 24.9 Å². The van der Waals surface area contributed by atoms with Crippen LogP contribution in [0.5, 0.6) is 0 Å². The van der Waals surface area contributed by atoms with Crippen LogP contribution in [0.1, 0.15) is 16.7 Å². The molecule has 0 unspecified atom stereocenters. The third kappa shape index (κ3) is 1.87. The van der Waals surface area contributed by atoms with Gasteiger partial charge in [0.2, 0.25) is 0 Å². The van der Waals surface area contributed by atoms with Crippen LogP contribution in [-0.4, -0.2) is 18.9 Å². The van der Waals surface area contributed by atoms with Gasteiger partial charge in [0.15, 0.2) is 0 Å². The quantitative estimate of drug-likeness (QED) is 0.619. The molecule has 0 atom stereocenters. The molecule has 0 aliphatic heterocycles. The van der Waals surface area contributed by atoms with Crippen LogP contribution in [0, 0.1) is 5.92 Å². The Labute approximate surface area is 108 Å². The molecule has 0 saturated carbocycles. The second-order valence-electron chi connectivity index (χ2n) is 3.70. The molecule has 0 saturated heterocycles. The predicted molar refractivity (Wildman–Crippen MR) is 70.5 cm³/mol. The number of hydrogen-bond donors (Lipinski definition) is 0. The third-order valence-electron chi connectivity index (χ3n) is 2.77. The van der Waals surface area contributed by atoms with Crippen LogP contribution < -0.4 is 0 Å². The van der Waals surface area contributed by atoms with E-state index in [1.807, 2.05) is 0 Å². The number of fused-ring (bicyclic) bond motifs is 1. The molecule has 0 fully saturated rings. The minimum atomic E-state index is 0. The predicted octanol–water partition coefficient (Wildman–Crippen LogP) is 3.04. The number of allylic oxidation sites excluding steroid dienone is 1. The summed E-state index contributed by atoms with van der Waals surface area (Å²) in [5, 5.41) is 0. The molecule has 0 N–H and O–H groups in total. The van der Waals surface area contributed by atoms with Crippen molar-refractivity contribution in [3.63, 3.8) is 0 Å². The number of rotatable bonds is 1. The van der Waals surface area contributed by atoms with Crippen LogP contribution >= 0.6 is 0 Å². The van der Waals surface area contributed by atoms with E-state index in [0.717, 1.165) is 0 Å². The first kappa shape index (κ1) is 11.3. The van der Waals surface area contributed by atoms with Crippen molar-refractivity contribution in [2.24, 2.45) is 0 Å². The van der Waals surface area contributed by atoms with Crippen LogP contribution in [0.4, 0.5) is 0 Å². The molecule has 0 bridgehead atoms. The molecule has 1 radical (unpaired) electrons. The van der Waals surface area contributed by atoms with Crippen LogP contribution in [0.15, 0.2) is 60.7 Å². The molecule has 2 aromatic carbocycles. The molecule has 1 aliphatic rings. The summed E-state index contributed by atoms with van der Waals surface area (Å²) in [7, 11) is 0. The Kier molecular flexibility index (Phi) is 3.34. The second kappa shape index (κ2) is 4.74. The van der Waals surface area contributed by atoms with Crippen LogP contribution in [0.25, 0.3) is 6.08 Å².